The number of benzene rings is 2. The summed E-state index contributed by atoms with van der Waals surface area (Å²) in [4.78, 5) is 37.2. The molecule has 3 heterocycles. The highest BCUT2D eigenvalue weighted by molar-refractivity contribution is 6.08. The molecule has 5 rings (SSSR count). The first kappa shape index (κ1) is 29.6. The number of nitrogens with two attached hydrogens (primary N) is 1. The van der Waals surface area contributed by atoms with Crippen LogP contribution < -0.4 is 11.1 Å². The second-order valence-corrected chi connectivity index (χ2v) is 11.7. The van der Waals surface area contributed by atoms with Gasteiger partial charge in [0.1, 0.15) is 23.8 Å². The van der Waals surface area contributed by atoms with E-state index < -0.39 is 36.0 Å². The highest BCUT2D eigenvalue weighted by atomic mass is 19.3. The Labute approximate surface area is 243 Å². The molecule has 0 bridgehead atoms. The summed E-state index contributed by atoms with van der Waals surface area (Å²) in [5, 5.41) is 3.21. The molecular weight excluding hydrogens is 546 g/mol. The number of rotatable bonds is 6. The van der Waals surface area contributed by atoms with Crippen LogP contribution in [0.15, 0.2) is 42.7 Å². The van der Waals surface area contributed by atoms with E-state index in [1.807, 2.05) is 24.3 Å². The summed E-state index contributed by atoms with van der Waals surface area (Å²) in [6, 6.07) is 9.91. The van der Waals surface area contributed by atoms with Crippen LogP contribution in [0.4, 0.5) is 19.4 Å². The number of fused-ring (bicyclic) bond motifs is 1. The summed E-state index contributed by atoms with van der Waals surface area (Å²) in [7, 11) is 0. The molecule has 224 valence electrons. The van der Waals surface area contributed by atoms with E-state index in [-0.39, 0.29) is 30.0 Å². The molecule has 2 aliphatic heterocycles. The van der Waals surface area contributed by atoms with E-state index in [0.29, 0.717) is 10.9 Å². The molecule has 1 atom stereocenters. The monoisotopic (exact) mass is 582 g/mol. The molecule has 1 aromatic heterocycles. The zero-order chi connectivity index (χ0) is 30.1. The minimum atomic E-state index is -3.13. The Balaban J connectivity index is 1.45. The molecule has 0 aliphatic carbocycles. The molecule has 12 heteroatoms. The number of hydrogen-bond donors (Lipinski definition) is 2. The number of nitrogens with one attached hydrogen (secondary N) is 1. The van der Waals surface area contributed by atoms with Gasteiger partial charge in [-0.2, -0.15) is 0 Å². The van der Waals surface area contributed by atoms with Crippen LogP contribution in [-0.4, -0.2) is 88.7 Å². The fourth-order valence-corrected chi connectivity index (χ4v) is 5.17. The van der Waals surface area contributed by atoms with E-state index in [0.717, 1.165) is 44.0 Å². The lowest BCUT2D eigenvalue weighted by atomic mass is 9.97. The maximum absolute atomic E-state index is 15.1. The molecule has 2 saturated heterocycles. The predicted molar refractivity (Wildman–Crippen MR) is 154 cm³/mol. The zero-order valence-corrected chi connectivity index (χ0v) is 24.0. The number of nitrogens with zero attached hydrogens (tertiary/aromatic N) is 4. The number of anilines is 1. The van der Waals surface area contributed by atoms with Gasteiger partial charge in [0.25, 0.3) is 11.8 Å². The zero-order valence-electron chi connectivity index (χ0n) is 24.0. The average molecular weight is 583 g/mol. The number of likely N-dealkylation sites (tertiary alicyclic amines) is 1. The van der Waals surface area contributed by atoms with E-state index in [1.165, 1.54) is 11.2 Å². The summed E-state index contributed by atoms with van der Waals surface area (Å²) >= 11 is 0. The lowest BCUT2D eigenvalue weighted by Crippen LogP contribution is -2.56. The van der Waals surface area contributed by atoms with Gasteiger partial charge in [-0.15, -0.1) is 0 Å². The first-order chi connectivity index (χ1) is 19.9. The molecule has 2 aliphatic rings. The Morgan fingerprint density at radius 2 is 1.81 bits per heavy atom. The Bertz CT molecular complexity index is 1450. The average Bonchev–Trinajstić information content (AvgIpc) is 2.93. The van der Waals surface area contributed by atoms with Crippen molar-refractivity contribution in [3.05, 3.63) is 53.9 Å². The van der Waals surface area contributed by atoms with E-state index in [1.54, 1.807) is 32.9 Å². The second-order valence-electron chi connectivity index (χ2n) is 11.7. The number of carbonyl (C=O) groups is 2. The van der Waals surface area contributed by atoms with Gasteiger partial charge in [-0.1, -0.05) is 24.3 Å². The van der Waals surface area contributed by atoms with Crippen LogP contribution in [0.3, 0.4) is 0 Å². The number of carbonyl (C=O) groups excluding carboxylic acids is 2. The maximum Gasteiger partial charge on any atom is 0.410 e. The molecule has 2 fully saturated rings. The van der Waals surface area contributed by atoms with Crippen molar-refractivity contribution in [2.24, 2.45) is 5.73 Å². The first-order valence-electron chi connectivity index (χ1n) is 14.0. The molecule has 2 amide bonds. The lowest BCUT2D eigenvalue weighted by molar-refractivity contribution is -0.0683. The lowest BCUT2D eigenvalue weighted by Gasteiger charge is -2.39. The first-order valence-corrected chi connectivity index (χ1v) is 14.0. The minimum Gasteiger partial charge on any atom is -0.444 e. The smallest absolute Gasteiger partial charge is 0.410 e. The van der Waals surface area contributed by atoms with Crippen LogP contribution in [0, 0.1) is 0 Å². The highest BCUT2D eigenvalue weighted by Crippen LogP contribution is 2.35. The van der Waals surface area contributed by atoms with Crippen LogP contribution in [0.5, 0.6) is 0 Å². The summed E-state index contributed by atoms with van der Waals surface area (Å²) < 4.78 is 41.1. The molecule has 0 saturated carbocycles. The van der Waals surface area contributed by atoms with Crippen molar-refractivity contribution in [3.63, 3.8) is 0 Å². The van der Waals surface area contributed by atoms with Gasteiger partial charge in [-0.05, 0) is 49.6 Å². The summed E-state index contributed by atoms with van der Waals surface area (Å²) in [6.45, 7) is 8.71. The van der Waals surface area contributed by atoms with Crippen molar-refractivity contribution >= 4 is 28.7 Å². The Kier molecular flexibility index (Phi) is 8.29. The van der Waals surface area contributed by atoms with Gasteiger partial charge in [-0.25, -0.2) is 23.5 Å². The predicted octanol–water partition coefficient (Wildman–Crippen LogP) is 4.28. The molecule has 3 aromatic rings. The van der Waals surface area contributed by atoms with Gasteiger partial charge < -0.3 is 25.4 Å². The van der Waals surface area contributed by atoms with Crippen LogP contribution in [-0.2, 0) is 16.0 Å². The van der Waals surface area contributed by atoms with Gasteiger partial charge in [0.15, 0.2) is 0 Å². The van der Waals surface area contributed by atoms with Gasteiger partial charge in [0.2, 0.25) is 0 Å². The molecule has 0 unspecified atom stereocenters. The fraction of sp³-hybridized carbons (Fsp3) is 0.467. The Morgan fingerprint density at radius 1 is 1.10 bits per heavy atom. The van der Waals surface area contributed by atoms with E-state index in [4.69, 9.17) is 15.2 Å². The van der Waals surface area contributed by atoms with Crippen molar-refractivity contribution in [1.29, 1.82) is 0 Å². The number of primary amides is 1. The normalized spacial score (nSPS) is 19.5. The number of aromatic nitrogens is 2. The van der Waals surface area contributed by atoms with Crippen LogP contribution >= 0.6 is 0 Å². The van der Waals surface area contributed by atoms with E-state index >= 15 is 8.78 Å². The molecular formula is C30H36F2N6O4. The van der Waals surface area contributed by atoms with Gasteiger partial charge in [0.05, 0.1) is 30.8 Å². The van der Waals surface area contributed by atoms with Crippen molar-refractivity contribution in [2.45, 2.75) is 51.3 Å². The number of hydrogen-bond acceptors (Lipinski definition) is 8. The van der Waals surface area contributed by atoms with Crippen molar-refractivity contribution < 1.29 is 27.8 Å². The van der Waals surface area contributed by atoms with Gasteiger partial charge >= 0.3 is 6.09 Å². The van der Waals surface area contributed by atoms with Crippen LogP contribution in [0.25, 0.3) is 22.0 Å². The summed E-state index contributed by atoms with van der Waals surface area (Å²) in [5.74, 6) is -3.71. The van der Waals surface area contributed by atoms with Crippen LogP contribution in [0.1, 0.15) is 43.1 Å². The molecule has 42 heavy (non-hydrogen) atoms. The third-order valence-corrected chi connectivity index (χ3v) is 7.39. The number of piperidine rings is 1. The number of morpholine rings is 1. The topological polar surface area (TPSA) is 123 Å². The SMILES string of the molecule is CC(C)(C)OC(=O)N1CCC(F)(F)[C@H](Nc2ncnc3c(C(N)=O)cc(-c4ccc(CN5CCOCC5)cc4)cc23)C1. The number of amides is 2. The number of ether oxygens (including phenoxy) is 2. The molecule has 3 N–H and O–H groups in total. The summed E-state index contributed by atoms with van der Waals surface area (Å²) in [6.07, 6.45) is -0.00146. The van der Waals surface area contributed by atoms with E-state index in [9.17, 15) is 9.59 Å². The summed E-state index contributed by atoms with van der Waals surface area (Å²) in [5.41, 5.74) is 7.98. The fourth-order valence-electron chi connectivity index (χ4n) is 5.17. The Hall–Kier alpha value is -3.90. The molecule has 0 spiro atoms. The van der Waals surface area contributed by atoms with E-state index in [2.05, 4.69) is 20.2 Å². The highest BCUT2D eigenvalue weighted by Gasteiger charge is 2.46. The molecule has 0 radical (unpaired) electrons. The number of halogens is 2. The third-order valence-electron chi connectivity index (χ3n) is 7.39. The second kappa shape index (κ2) is 11.8. The molecule has 2 aromatic carbocycles. The van der Waals surface area contributed by atoms with Crippen LogP contribution in [0.2, 0.25) is 0 Å². The van der Waals surface area contributed by atoms with Gasteiger partial charge in [0, 0.05) is 38.0 Å². The van der Waals surface area contributed by atoms with Crippen molar-refractivity contribution in [1.82, 2.24) is 19.8 Å². The van der Waals surface area contributed by atoms with Gasteiger partial charge in [-0.3, -0.25) is 9.69 Å². The standard InChI is InChI=1S/C30H36F2N6O4/c1-29(2,3)42-28(40)38-9-8-30(31,32)24(17-38)36-27-23-15-21(14-22(26(33)39)25(23)34-18-35-27)20-6-4-19(5-7-20)16-37-10-12-41-13-11-37/h4-7,14-15,18,24H,8-13,16-17H2,1-3H3,(H2,33,39)(H,34,35,36)/t24-/m1/s1. The quantitative estimate of drug-likeness (QED) is 0.442. The molecule has 10 nitrogen and oxygen atoms in total. The number of alkyl halides is 2. The van der Waals surface area contributed by atoms with Crippen molar-refractivity contribution in [2.75, 3.05) is 44.7 Å². The third kappa shape index (κ3) is 6.76. The van der Waals surface area contributed by atoms with Crippen molar-refractivity contribution in [3.8, 4) is 11.1 Å². The Morgan fingerprint density at radius 3 is 2.48 bits per heavy atom. The maximum atomic E-state index is 15.1. The largest absolute Gasteiger partial charge is 0.444 e. The minimum absolute atomic E-state index is 0.115.